The van der Waals surface area contributed by atoms with E-state index in [2.05, 4.69) is 33.0 Å². The van der Waals surface area contributed by atoms with Gasteiger partial charge in [0.25, 0.3) is 0 Å². The van der Waals surface area contributed by atoms with Crippen LogP contribution in [0, 0.1) is 5.41 Å². The molecule has 1 aromatic heterocycles. The molecule has 184 valence electrons. The number of benzene rings is 1. The number of unbranched alkanes of at least 4 members (excludes halogenated alkanes) is 2. The van der Waals surface area contributed by atoms with Gasteiger partial charge in [-0.3, -0.25) is 4.79 Å². The minimum absolute atomic E-state index is 0.0942. The fraction of sp³-hybridized carbons (Fsp3) is 0.577. The highest BCUT2D eigenvalue weighted by Gasteiger charge is 2.42. The van der Waals surface area contributed by atoms with Gasteiger partial charge in [-0.05, 0) is 42.4 Å². The highest BCUT2D eigenvalue weighted by atomic mass is 32.2. The van der Waals surface area contributed by atoms with Crippen molar-refractivity contribution >= 4 is 23.5 Å². The third-order valence-corrected chi connectivity index (χ3v) is 7.22. The Kier molecular flexibility index (Phi) is 7.55. The number of Topliss-reactive ketones (excluding diaryl/α,β-unsaturated/α-hetero) is 1. The van der Waals surface area contributed by atoms with Gasteiger partial charge in [0, 0.05) is 23.4 Å². The third kappa shape index (κ3) is 5.11. The standard InChI is InChI=1S/C26H36N4O3S/c1-6-8-12-33-20-11-10-17(14-21(20)32-5)23-22-18(15-26(3,4)16-19(22)31)27-24-28-25(29-30(23)24)34-13-9-7-2/h10-11,14,23H,6-9,12-13,15-16H2,1-5H3,(H,27,28,29). The van der Waals surface area contributed by atoms with E-state index in [4.69, 9.17) is 19.6 Å². The Morgan fingerprint density at radius 2 is 1.97 bits per heavy atom. The minimum Gasteiger partial charge on any atom is -0.493 e. The normalized spacial score (nSPS) is 18.9. The van der Waals surface area contributed by atoms with Crippen LogP contribution < -0.4 is 14.8 Å². The van der Waals surface area contributed by atoms with Gasteiger partial charge in [0.05, 0.1) is 13.7 Å². The van der Waals surface area contributed by atoms with Gasteiger partial charge in [-0.25, -0.2) is 4.68 Å². The Morgan fingerprint density at radius 3 is 2.71 bits per heavy atom. The second-order valence-corrected chi connectivity index (χ2v) is 10.9. The van der Waals surface area contributed by atoms with E-state index in [1.54, 1.807) is 18.9 Å². The number of ketones is 1. The first-order chi connectivity index (χ1) is 16.4. The molecule has 1 aliphatic heterocycles. The van der Waals surface area contributed by atoms with Crippen molar-refractivity contribution in [3.8, 4) is 11.5 Å². The van der Waals surface area contributed by atoms with Crippen molar-refractivity contribution in [2.45, 2.75) is 77.4 Å². The summed E-state index contributed by atoms with van der Waals surface area (Å²) < 4.78 is 13.5. The van der Waals surface area contributed by atoms with E-state index < -0.39 is 0 Å². The Labute approximate surface area is 206 Å². The first-order valence-corrected chi connectivity index (χ1v) is 13.3. The molecule has 1 unspecified atom stereocenters. The van der Waals surface area contributed by atoms with Gasteiger partial charge >= 0.3 is 0 Å². The number of nitrogens with one attached hydrogen (secondary N) is 1. The SMILES string of the molecule is CCCCOc1ccc(C2C3=C(CC(C)(C)CC3=O)Nc3nc(SCCCC)nn32)cc1OC. The summed E-state index contributed by atoms with van der Waals surface area (Å²) in [7, 11) is 1.65. The number of thioether (sulfide) groups is 1. The van der Waals surface area contributed by atoms with Crippen molar-refractivity contribution in [1.29, 1.82) is 0 Å². The highest BCUT2D eigenvalue weighted by molar-refractivity contribution is 7.99. The molecule has 2 heterocycles. The summed E-state index contributed by atoms with van der Waals surface area (Å²) in [4.78, 5) is 18.2. The number of ether oxygens (including phenoxy) is 2. The van der Waals surface area contributed by atoms with Crippen molar-refractivity contribution in [3.05, 3.63) is 35.0 Å². The molecule has 2 aromatic rings. The van der Waals surface area contributed by atoms with E-state index >= 15 is 0 Å². The molecule has 1 aromatic carbocycles. The molecular weight excluding hydrogens is 448 g/mol. The number of methoxy groups -OCH3 is 1. The number of anilines is 1. The second kappa shape index (κ2) is 10.4. The summed E-state index contributed by atoms with van der Waals surface area (Å²) in [5.74, 6) is 3.20. The molecule has 0 bridgehead atoms. The van der Waals surface area contributed by atoms with Gasteiger partial charge in [0.15, 0.2) is 17.3 Å². The zero-order chi connectivity index (χ0) is 24.3. The number of nitrogens with zero attached hydrogens (tertiary/aromatic N) is 3. The topological polar surface area (TPSA) is 78.3 Å². The monoisotopic (exact) mass is 484 g/mol. The number of rotatable bonds is 10. The Hall–Kier alpha value is -2.48. The lowest BCUT2D eigenvalue weighted by atomic mass is 9.73. The van der Waals surface area contributed by atoms with Gasteiger partial charge in [0.2, 0.25) is 11.1 Å². The average Bonchev–Trinajstić information content (AvgIpc) is 3.19. The lowest BCUT2D eigenvalue weighted by Gasteiger charge is -2.38. The van der Waals surface area contributed by atoms with Gasteiger partial charge in [-0.2, -0.15) is 4.98 Å². The smallest absolute Gasteiger partial charge is 0.227 e. The van der Waals surface area contributed by atoms with Crippen molar-refractivity contribution in [2.75, 3.05) is 24.8 Å². The molecular formula is C26H36N4O3S. The summed E-state index contributed by atoms with van der Waals surface area (Å²) in [5.41, 5.74) is 2.59. The van der Waals surface area contributed by atoms with Crippen molar-refractivity contribution < 1.29 is 14.3 Å². The van der Waals surface area contributed by atoms with Crippen LogP contribution in [-0.4, -0.2) is 40.0 Å². The van der Waals surface area contributed by atoms with Crippen LogP contribution in [0.1, 0.15) is 77.8 Å². The van der Waals surface area contributed by atoms with Crippen molar-refractivity contribution in [1.82, 2.24) is 14.8 Å². The molecule has 7 nitrogen and oxygen atoms in total. The number of allylic oxidation sites excluding steroid dienone is 2. The van der Waals surface area contributed by atoms with Crippen LogP contribution in [0.15, 0.2) is 34.6 Å². The molecule has 0 radical (unpaired) electrons. The maximum atomic E-state index is 13.4. The number of fused-ring (bicyclic) bond motifs is 1. The summed E-state index contributed by atoms with van der Waals surface area (Å²) in [6.45, 7) is 9.25. The molecule has 1 atom stereocenters. The molecule has 0 saturated heterocycles. The van der Waals surface area contributed by atoms with Crippen molar-refractivity contribution in [2.24, 2.45) is 5.41 Å². The minimum atomic E-state index is -0.346. The van der Waals surface area contributed by atoms with E-state index in [-0.39, 0.29) is 17.2 Å². The zero-order valence-electron chi connectivity index (χ0n) is 20.9. The molecule has 2 aliphatic rings. The lowest BCUT2D eigenvalue weighted by Crippen LogP contribution is -2.36. The average molecular weight is 485 g/mol. The summed E-state index contributed by atoms with van der Waals surface area (Å²) in [5, 5.41) is 9.01. The van der Waals surface area contributed by atoms with E-state index in [1.165, 1.54) is 0 Å². The van der Waals surface area contributed by atoms with E-state index in [1.807, 2.05) is 22.9 Å². The Morgan fingerprint density at radius 1 is 1.18 bits per heavy atom. The van der Waals surface area contributed by atoms with Gasteiger partial charge in [0.1, 0.15) is 6.04 Å². The number of carbonyl (C=O) groups is 1. The van der Waals surface area contributed by atoms with Crippen LogP contribution in [0.4, 0.5) is 5.95 Å². The first-order valence-electron chi connectivity index (χ1n) is 12.3. The molecule has 0 spiro atoms. The third-order valence-electron chi connectivity index (χ3n) is 6.30. The van der Waals surface area contributed by atoms with E-state index in [0.29, 0.717) is 30.5 Å². The van der Waals surface area contributed by atoms with Gasteiger partial charge in [-0.15, -0.1) is 5.10 Å². The molecule has 1 aliphatic carbocycles. The predicted octanol–water partition coefficient (Wildman–Crippen LogP) is 6.02. The highest BCUT2D eigenvalue weighted by Crippen LogP contribution is 2.46. The zero-order valence-corrected chi connectivity index (χ0v) is 21.8. The van der Waals surface area contributed by atoms with Crippen LogP contribution in [0.2, 0.25) is 0 Å². The second-order valence-electron chi connectivity index (χ2n) is 9.84. The fourth-order valence-corrected chi connectivity index (χ4v) is 5.48. The largest absolute Gasteiger partial charge is 0.493 e. The number of hydrogen-bond acceptors (Lipinski definition) is 7. The van der Waals surface area contributed by atoms with E-state index in [0.717, 1.165) is 59.8 Å². The molecule has 1 N–H and O–H groups in total. The van der Waals surface area contributed by atoms with E-state index in [9.17, 15) is 4.79 Å². The van der Waals surface area contributed by atoms with Crippen LogP contribution in [-0.2, 0) is 4.79 Å². The molecule has 0 saturated carbocycles. The molecule has 34 heavy (non-hydrogen) atoms. The van der Waals surface area contributed by atoms with Crippen molar-refractivity contribution in [3.63, 3.8) is 0 Å². The maximum Gasteiger partial charge on any atom is 0.227 e. The first kappa shape index (κ1) is 24.6. The van der Waals surface area contributed by atoms with Crippen LogP contribution in [0.25, 0.3) is 0 Å². The fourth-order valence-electron chi connectivity index (χ4n) is 4.57. The van der Waals surface area contributed by atoms with Crippen LogP contribution >= 0.6 is 11.8 Å². The van der Waals surface area contributed by atoms with Crippen LogP contribution in [0.5, 0.6) is 11.5 Å². The molecule has 8 heteroatoms. The summed E-state index contributed by atoms with van der Waals surface area (Å²) in [6.07, 6.45) is 5.61. The predicted molar refractivity (Wildman–Crippen MR) is 136 cm³/mol. The Balaban J connectivity index is 1.75. The summed E-state index contributed by atoms with van der Waals surface area (Å²) >= 11 is 1.66. The van der Waals surface area contributed by atoms with Gasteiger partial charge in [-0.1, -0.05) is 58.4 Å². The maximum absolute atomic E-state index is 13.4. The summed E-state index contributed by atoms with van der Waals surface area (Å²) in [6, 6.07) is 5.59. The molecule has 0 fully saturated rings. The molecule has 4 rings (SSSR count). The lowest BCUT2D eigenvalue weighted by molar-refractivity contribution is -0.118. The molecule has 0 amide bonds. The Bertz CT molecular complexity index is 1080. The van der Waals surface area contributed by atoms with Gasteiger partial charge < -0.3 is 14.8 Å². The number of carbonyl (C=O) groups excluding carboxylic acids is 1. The van der Waals surface area contributed by atoms with Crippen LogP contribution in [0.3, 0.4) is 0 Å². The quantitative estimate of drug-likeness (QED) is 0.326. The number of hydrogen-bond donors (Lipinski definition) is 1. The number of aromatic nitrogens is 3.